The number of rotatable bonds is 3. The number of sulfonamides is 1. The Hall–Kier alpha value is -1.65. The van der Waals surface area contributed by atoms with Crippen molar-refractivity contribution in [2.24, 2.45) is 0 Å². The molecule has 0 saturated carbocycles. The summed E-state index contributed by atoms with van der Waals surface area (Å²) in [5, 5.41) is 0. The summed E-state index contributed by atoms with van der Waals surface area (Å²) in [6.45, 7) is 2.54. The van der Waals surface area contributed by atoms with Gasteiger partial charge in [0.25, 0.3) is 0 Å². The van der Waals surface area contributed by atoms with Gasteiger partial charge in [0.1, 0.15) is 0 Å². The van der Waals surface area contributed by atoms with E-state index in [1.54, 1.807) is 16.4 Å². The minimum absolute atomic E-state index is 0.0255. The highest BCUT2D eigenvalue weighted by atomic mass is 32.2. The molecule has 2 aromatic carbocycles. The molecule has 1 aliphatic rings. The monoisotopic (exact) mass is 287 g/mol. The number of nitrogens with zero attached hydrogens (tertiary/aromatic N) is 1. The molecule has 3 rings (SSSR count). The van der Waals surface area contributed by atoms with E-state index in [0.717, 1.165) is 17.5 Å². The first-order valence-electron chi connectivity index (χ1n) is 6.72. The molecule has 0 bridgehead atoms. The van der Waals surface area contributed by atoms with Crippen LogP contribution < -0.4 is 0 Å². The first-order valence-corrected chi connectivity index (χ1v) is 8.16. The first kappa shape index (κ1) is 13.3. The molecule has 1 atom stereocenters. The molecule has 0 amide bonds. The van der Waals surface area contributed by atoms with Crippen molar-refractivity contribution in [2.45, 2.75) is 24.3 Å². The number of hydrogen-bond donors (Lipinski definition) is 0. The zero-order valence-electron chi connectivity index (χ0n) is 11.4. The number of benzene rings is 2. The Kier molecular flexibility index (Phi) is 3.36. The van der Waals surface area contributed by atoms with Crippen molar-refractivity contribution in [3.05, 3.63) is 65.7 Å². The fraction of sp³-hybridized carbons (Fsp3) is 0.250. The molecular weight excluding hydrogens is 270 g/mol. The molecule has 3 nitrogen and oxygen atoms in total. The molecule has 1 heterocycles. The predicted molar refractivity (Wildman–Crippen MR) is 78.9 cm³/mol. The lowest BCUT2D eigenvalue weighted by Gasteiger charge is -2.40. The van der Waals surface area contributed by atoms with E-state index >= 15 is 0 Å². The van der Waals surface area contributed by atoms with E-state index in [9.17, 15) is 8.42 Å². The van der Waals surface area contributed by atoms with Crippen LogP contribution in [0.1, 0.15) is 23.6 Å². The van der Waals surface area contributed by atoms with E-state index < -0.39 is 10.0 Å². The maximum atomic E-state index is 12.6. The normalized spacial score (nSPS) is 19.6. The largest absolute Gasteiger partial charge is 0.243 e. The second-order valence-electron chi connectivity index (χ2n) is 5.14. The third-order valence-electron chi connectivity index (χ3n) is 3.78. The highest BCUT2D eigenvalue weighted by Gasteiger charge is 2.39. The molecule has 2 aromatic rings. The molecule has 20 heavy (non-hydrogen) atoms. The molecule has 0 spiro atoms. The Morgan fingerprint density at radius 2 is 1.65 bits per heavy atom. The van der Waals surface area contributed by atoms with Crippen LogP contribution in [0, 0.1) is 6.92 Å². The van der Waals surface area contributed by atoms with Gasteiger partial charge in [-0.25, -0.2) is 8.42 Å². The van der Waals surface area contributed by atoms with Crippen LogP contribution in [0.5, 0.6) is 0 Å². The minimum atomic E-state index is -3.38. The number of hydrogen-bond acceptors (Lipinski definition) is 2. The Bertz CT molecular complexity index is 693. The van der Waals surface area contributed by atoms with Crippen molar-refractivity contribution in [3.63, 3.8) is 0 Å². The van der Waals surface area contributed by atoms with E-state index in [4.69, 9.17) is 0 Å². The molecule has 0 radical (unpaired) electrons. The van der Waals surface area contributed by atoms with Gasteiger partial charge in [-0.05, 0) is 31.0 Å². The second-order valence-corrected chi connectivity index (χ2v) is 7.03. The fourth-order valence-electron chi connectivity index (χ4n) is 2.51. The standard InChI is InChI=1S/C16H17NO2S/c1-13-7-9-15(10-8-13)20(18,19)17-12-11-16(17)14-5-3-2-4-6-14/h2-10,16H,11-12H2,1H3. The van der Waals surface area contributed by atoms with Gasteiger partial charge < -0.3 is 0 Å². The number of aryl methyl sites for hydroxylation is 1. The Morgan fingerprint density at radius 1 is 1.00 bits per heavy atom. The average molecular weight is 287 g/mol. The van der Waals surface area contributed by atoms with Crippen molar-refractivity contribution in [1.82, 2.24) is 4.31 Å². The lowest BCUT2D eigenvalue weighted by atomic mass is 9.98. The third-order valence-corrected chi connectivity index (χ3v) is 5.70. The van der Waals surface area contributed by atoms with Crippen molar-refractivity contribution < 1.29 is 8.42 Å². The average Bonchev–Trinajstić information content (AvgIpc) is 2.38. The van der Waals surface area contributed by atoms with Crippen molar-refractivity contribution >= 4 is 10.0 Å². The molecule has 4 heteroatoms. The maximum Gasteiger partial charge on any atom is 0.243 e. The Labute approximate surface area is 119 Å². The van der Waals surface area contributed by atoms with Crippen molar-refractivity contribution in [2.75, 3.05) is 6.54 Å². The van der Waals surface area contributed by atoms with Crippen LogP contribution >= 0.6 is 0 Å². The topological polar surface area (TPSA) is 37.4 Å². The highest BCUT2D eigenvalue weighted by molar-refractivity contribution is 7.89. The van der Waals surface area contributed by atoms with Crippen LogP contribution in [0.25, 0.3) is 0 Å². The van der Waals surface area contributed by atoms with E-state index in [1.165, 1.54) is 0 Å². The van der Waals surface area contributed by atoms with Crippen LogP contribution in [-0.2, 0) is 10.0 Å². The van der Waals surface area contributed by atoms with Crippen LogP contribution in [0.3, 0.4) is 0 Å². The molecule has 1 aliphatic heterocycles. The lowest BCUT2D eigenvalue weighted by molar-refractivity contribution is 0.202. The third kappa shape index (κ3) is 2.25. The summed E-state index contributed by atoms with van der Waals surface area (Å²) in [6.07, 6.45) is 0.884. The summed E-state index contributed by atoms with van der Waals surface area (Å²) in [4.78, 5) is 0.378. The summed E-state index contributed by atoms with van der Waals surface area (Å²) in [5.74, 6) is 0. The Balaban J connectivity index is 1.91. The van der Waals surface area contributed by atoms with Gasteiger partial charge >= 0.3 is 0 Å². The van der Waals surface area contributed by atoms with Gasteiger partial charge in [-0.3, -0.25) is 0 Å². The van der Waals surface area contributed by atoms with Crippen LogP contribution in [0.2, 0.25) is 0 Å². The summed E-state index contributed by atoms with van der Waals surface area (Å²) in [5.41, 5.74) is 2.13. The summed E-state index contributed by atoms with van der Waals surface area (Å²) >= 11 is 0. The van der Waals surface area contributed by atoms with Gasteiger partial charge in [0.05, 0.1) is 10.9 Å². The molecule has 0 aliphatic carbocycles. The lowest BCUT2D eigenvalue weighted by Crippen LogP contribution is -2.44. The van der Waals surface area contributed by atoms with Crippen LogP contribution in [0.15, 0.2) is 59.5 Å². The van der Waals surface area contributed by atoms with E-state index in [2.05, 4.69) is 0 Å². The zero-order chi connectivity index (χ0) is 14.2. The quantitative estimate of drug-likeness (QED) is 0.869. The summed E-state index contributed by atoms with van der Waals surface area (Å²) < 4.78 is 26.9. The Morgan fingerprint density at radius 3 is 2.20 bits per heavy atom. The maximum absolute atomic E-state index is 12.6. The van der Waals surface area contributed by atoms with Gasteiger partial charge in [0.2, 0.25) is 10.0 Å². The van der Waals surface area contributed by atoms with E-state index in [0.29, 0.717) is 11.4 Å². The molecule has 1 unspecified atom stereocenters. The predicted octanol–water partition coefficient (Wildman–Crippen LogP) is 3.13. The SMILES string of the molecule is Cc1ccc(S(=O)(=O)N2CCC2c2ccccc2)cc1. The minimum Gasteiger partial charge on any atom is -0.207 e. The van der Waals surface area contributed by atoms with Crippen molar-refractivity contribution in [1.29, 1.82) is 0 Å². The highest BCUT2D eigenvalue weighted by Crippen LogP contribution is 2.37. The van der Waals surface area contributed by atoms with E-state index in [-0.39, 0.29) is 6.04 Å². The second kappa shape index (κ2) is 5.04. The van der Waals surface area contributed by atoms with Gasteiger partial charge in [0, 0.05) is 6.54 Å². The fourth-order valence-corrected chi connectivity index (χ4v) is 4.16. The summed E-state index contributed by atoms with van der Waals surface area (Å²) in [7, 11) is -3.38. The molecule has 0 aromatic heterocycles. The molecule has 1 saturated heterocycles. The summed E-state index contributed by atoms with van der Waals surface area (Å²) in [6, 6.07) is 16.8. The van der Waals surface area contributed by atoms with Gasteiger partial charge in [-0.15, -0.1) is 0 Å². The van der Waals surface area contributed by atoms with Gasteiger partial charge in [-0.2, -0.15) is 4.31 Å². The zero-order valence-corrected chi connectivity index (χ0v) is 12.2. The molecule has 0 N–H and O–H groups in total. The molecular formula is C16H17NO2S. The smallest absolute Gasteiger partial charge is 0.207 e. The van der Waals surface area contributed by atoms with Crippen molar-refractivity contribution in [3.8, 4) is 0 Å². The molecule has 104 valence electrons. The first-order chi connectivity index (χ1) is 9.59. The van der Waals surface area contributed by atoms with Crippen LogP contribution in [0.4, 0.5) is 0 Å². The van der Waals surface area contributed by atoms with Gasteiger partial charge in [-0.1, -0.05) is 48.0 Å². The van der Waals surface area contributed by atoms with E-state index in [1.807, 2.05) is 49.4 Å². The van der Waals surface area contributed by atoms with Crippen LogP contribution in [-0.4, -0.2) is 19.3 Å². The van der Waals surface area contributed by atoms with Gasteiger partial charge in [0.15, 0.2) is 0 Å². The molecule has 1 fully saturated rings.